The van der Waals surface area contributed by atoms with Crippen LogP contribution < -0.4 is 0 Å². The third-order valence-corrected chi connectivity index (χ3v) is 3.35. The number of rotatable bonds is 6. The summed E-state index contributed by atoms with van der Waals surface area (Å²) in [5.74, 6) is 0.0327. The smallest absolute Gasteiger partial charge is 0.185 e. The van der Waals surface area contributed by atoms with Gasteiger partial charge in [0.1, 0.15) is 0 Å². The van der Waals surface area contributed by atoms with Gasteiger partial charge in [0.05, 0.1) is 0 Å². The summed E-state index contributed by atoms with van der Waals surface area (Å²) in [5.41, 5.74) is 4.24. The van der Waals surface area contributed by atoms with Crippen molar-refractivity contribution in [3.63, 3.8) is 0 Å². The highest BCUT2D eigenvalue weighted by atomic mass is 16.1. The number of benzene rings is 2. The predicted octanol–water partition coefficient (Wildman–Crippen LogP) is 5.09. The fourth-order valence-electron chi connectivity index (χ4n) is 2.14. The molecule has 0 saturated carbocycles. The average Bonchev–Trinajstić information content (AvgIpc) is 2.52. The molecule has 0 radical (unpaired) electrons. The van der Waals surface area contributed by atoms with Crippen LogP contribution >= 0.6 is 0 Å². The van der Waals surface area contributed by atoms with Crippen molar-refractivity contribution in [3.05, 3.63) is 89.5 Å². The topological polar surface area (TPSA) is 17.1 Å². The minimum absolute atomic E-state index is 0.0327. The maximum atomic E-state index is 12.1. The van der Waals surface area contributed by atoms with Gasteiger partial charge in [0.15, 0.2) is 5.78 Å². The first kappa shape index (κ1) is 15.0. The fourth-order valence-corrected chi connectivity index (χ4v) is 2.14. The van der Waals surface area contributed by atoms with Gasteiger partial charge in [-0.1, -0.05) is 66.2 Å². The second-order valence-electron chi connectivity index (χ2n) is 5.22. The maximum Gasteiger partial charge on any atom is 0.185 e. The lowest BCUT2D eigenvalue weighted by Crippen LogP contribution is -1.94. The minimum Gasteiger partial charge on any atom is -0.289 e. The third-order valence-electron chi connectivity index (χ3n) is 3.35. The number of aryl methyl sites for hydroxylation is 1. The van der Waals surface area contributed by atoms with E-state index in [4.69, 9.17) is 0 Å². The number of hydrogen-bond acceptors (Lipinski definition) is 1. The van der Waals surface area contributed by atoms with E-state index in [-0.39, 0.29) is 5.78 Å². The van der Waals surface area contributed by atoms with E-state index in [0.717, 1.165) is 18.4 Å². The van der Waals surface area contributed by atoms with Gasteiger partial charge >= 0.3 is 0 Å². The molecule has 1 heteroatoms. The highest BCUT2D eigenvalue weighted by molar-refractivity contribution is 6.06. The first-order chi connectivity index (χ1) is 10.2. The Bertz CT molecular complexity index is 651. The van der Waals surface area contributed by atoms with Crippen molar-refractivity contribution in [2.24, 2.45) is 0 Å². The van der Waals surface area contributed by atoms with E-state index in [1.165, 1.54) is 11.1 Å². The summed E-state index contributed by atoms with van der Waals surface area (Å²) in [6, 6.07) is 17.5. The molecule has 2 aromatic carbocycles. The SMILES string of the molecule is C=C(C)CCc1ccccc1C=CC(=O)c1ccccc1. The summed E-state index contributed by atoms with van der Waals surface area (Å²) in [7, 11) is 0. The van der Waals surface area contributed by atoms with Gasteiger partial charge in [0.2, 0.25) is 0 Å². The summed E-state index contributed by atoms with van der Waals surface area (Å²) >= 11 is 0. The van der Waals surface area contributed by atoms with E-state index >= 15 is 0 Å². The van der Waals surface area contributed by atoms with Crippen LogP contribution in [0.1, 0.15) is 34.8 Å². The van der Waals surface area contributed by atoms with Crippen LogP contribution in [0.5, 0.6) is 0 Å². The largest absolute Gasteiger partial charge is 0.289 e. The molecule has 0 aliphatic carbocycles. The molecule has 1 nitrogen and oxygen atoms in total. The molecule has 106 valence electrons. The highest BCUT2D eigenvalue weighted by Crippen LogP contribution is 2.15. The molecule has 0 aliphatic heterocycles. The summed E-state index contributed by atoms with van der Waals surface area (Å²) in [4.78, 5) is 12.1. The molecular weight excluding hydrogens is 256 g/mol. The van der Waals surface area contributed by atoms with Gasteiger partial charge in [-0.3, -0.25) is 4.79 Å². The summed E-state index contributed by atoms with van der Waals surface area (Å²) in [6.45, 7) is 5.98. The van der Waals surface area contributed by atoms with Crippen molar-refractivity contribution in [1.29, 1.82) is 0 Å². The van der Waals surface area contributed by atoms with Crippen molar-refractivity contribution < 1.29 is 4.79 Å². The molecule has 2 rings (SSSR count). The Balaban J connectivity index is 2.13. The molecule has 0 spiro atoms. The average molecular weight is 276 g/mol. The first-order valence-corrected chi connectivity index (χ1v) is 7.16. The van der Waals surface area contributed by atoms with E-state index in [2.05, 4.69) is 12.6 Å². The van der Waals surface area contributed by atoms with Gasteiger partial charge < -0.3 is 0 Å². The number of ketones is 1. The van der Waals surface area contributed by atoms with Crippen LogP contribution in [0.15, 0.2) is 72.8 Å². The van der Waals surface area contributed by atoms with Crippen molar-refractivity contribution in [2.45, 2.75) is 19.8 Å². The molecule has 0 aromatic heterocycles. The lowest BCUT2D eigenvalue weighted by Gasteiger charge is -2.05. The zero-order valence-electron chi connectivity index (χ0n) is 12.4. The van der Waals surface area contributed by atoms with Crippen LogP contribution in [0.2, 0.25) is 0 Å². The summed E-state index contributed by atoms with van der Waals surface area (Å²) < 4.78 is 0. The van der Waals surface area contributed by atoms with Gasteiger partial charge in [-0.05, 0) is 37.0 Å². The number of carbonyl (C=O) groups is 1. The predicted molar refractivity (Wildman–Crippen MR) is 89.4 cm³/mol. The Morgan fingerprint density at radius 2 is 1.71 bits per heavy atom. The van der Waals surface area contributed by atoms with E-state index in [9.17, 15) is 4.79 Å². The molecule has 0 amide bonds. The molecule has 0 saturated heterocycles. The van der Waals surface area contributed by atoms with Crippen LogP contribution in [0, 0.1) is 0 Å². The molecule has 21 heavy (non-hydrogen) atoms. The van der Waals surface area contributed by atoms with E-state index in [0.29, 0.717) is 5.56 Å². The van der Waals surface area contributed by atoms with E-state index in [1.54, 1.807) is 6.08 Å². The van der Waals surface area contributed by atoms with Crippen molar-refractivity contribution in [3.8, 4) is 0 Å². The lowest BCUT2D eigenvalue weighted by molar-refractivity contribution is 0.104. The maximum absolute atomic E-state index is 12.1. The van der Waals surface area contributed by atoms with Crippen molar-refractivity contribution in [2.75, 3.05) is 0 Å². The Morgan fingerprint density at radius 1 is 1.05 bits per heavy atom. The summed E-state index contributed by atoms with van der Waals surface area (Å²) in [6.07, 6.45) is 5.48. The van der Waals surface area contributed by atoms with Crippen LogP contribution in [0.25, 0.3) is 6.08 Å². The van der Waals surface area contributed by atoms with Gasteiger partial charge in [-0.2, -0.15) is 0 Å². The zero-order chi connectivity index (χ0) is 15.1. The molecule has 0 heterocycles. The van der Waals surface area contributed by atoms with Crippen LogP contribution in [0.4, 0.5) is 0 Å². The number of hydrogen-bond donors (Lipinski definition) is 0. The normalized spacial score (nSPS) is 10.7. The second kappa shape index (κ2) is 7.39. The molecule has 2 aromatic rings. The number of allylic oxidation sites excluding steroid dienone is 2. The second-order valence-corrected chi connectivity index (χ2v) is 5.22. The van der Waals surface area contributed by atoms with Crippen LogP contribution in [0.3, 0.4) is 0 Å². The highest BCUT2D eigenvalue weighted by Gasteiger charge is 2.02. The Hall–Kier alpha value is -2.41. The lowest BCUT2D eigenvalue weighted by atomic mass is 10.00. The molecule has 0 N–H and O–H groups in total. The van der Waals surface area contributed by atoms with E-state index in [1.807, 2.05) is 61.5 Å². The monoisotopic (exact) mass is 276 g/mol. The minimum atomic E-state index is 0.0327. The molecular formula is C20H20O. The quantitative estimate of drug-likeness (QED) is 0.408. The van der Waals surface area contributed by atoms with E-state index < -0.39 is 0 Å². The molecule has 0 unspecified atom stereocenters. The number of carbonyl (C=O) groups excluding carboxylic acids is 1. The Labute approximate surface area is 126 Å². The fraction of sp³-hybridized carbons (Fsp3) is 0.150. The van der Waals surface area contributed by atoms with Gasteiger partial charge in [-0.15, -0.1) is 6.58 Å². The Morgan fingerprint density at radius 3 is 2.43 bits per heavy atom. The molecule has 0 fully saturated rings. The summed E-state index contributed by atoms with van der Waals surface area (Å²) in [5, 5.41) is 0. The van der Waals surface area contributed by atoms with Crippen LogP contribution in [-0.2, 0) is 6.42 Å². The van der Waals surface area contributed by atoms with Gasteiger partial charge in [0.25, 0.3) is 0 Å². The Kier molecular flexibility index (Phi) is 5.28. The molecule has 0 atom stereocenters. The molecule has 0 aliphatic rings. The van der Waals surface area contributed by atoms with Crippen molar-refractivity contribution >= 4 is 11.9 Å². The van der Waals surface area contributed by atoms with Gasteiger partial charge in [-0.25, -0.2) is 0 Å². The van der Waals surface area contributed by atoms with Crippen molar-refractivity contribution in [1.82, 2.24) is 0 Å². The third kappa shape index (κ3) is 4.57. The van der Waals surface area contributed by atoms with Crippen LogP contribution in [-0.4, -0.2) is 5.78 Å². The standard InChI is InChI=1S/C20H20O/c1-16(2)12-13-17-8-6-7-9-18(17)14-15-20(21)19-10-4-3-5-11-19/h3-11,14-15H,1,12-13H2,2H3. The zero-order valence-corrected chi connectivity index (χ0v) is 12.4. The molecule has 0 bridgehead atoms. The van der Waals surface area contributed by atoms with Gasteiger partial charge in [0, 0.05) is 5.56 Å². The first-order valence-electron chi connectivity index (χ1n) is 7.16.